The van der Waals surface area contributed by atoms with Crippen LogP contribution in [0.1, 0.15) is 23.7 Å². The number of benzene rings is 1. The highest BCUT2D eigenvalue weighted by molar-refractivity contribution is 6.00. The van der Waals surface area contributed by atoms with Crippen molar-refractivity contribution in [1.29, 1.82) is 0 Å². The molecule has 1 atom stereocenters. The van der Waals surface area contributed by atoms with Gasteiger partial charge in [-0.25, -0.2) is 4.79 Å². The van der Waals surface area contributed by atoms with E-state index in [2.05, 4.69) is 0 Å². The van der Waals surface area contributed by atoms with Gasteiger partial charge in [-0.15, -0.1) is 0 Å². The molecule has 1 aliphatic heterocycles. The monoisotopic (exact) mass is 259 g/mol. The number of hydrogen-bond acceptors (Lipinski definition) is 3. The van der Waals surface area contributed by atoms with Crippen molar-refractivity contribution in [3.8, 4) is 0 Å². The van der Waals surface area contributed by atoms with Gasteiger partial charge in [-0.05, 0) is 13.3 Å². The van der Waals surface area contributed by atoms with E-state index in [4.69, 9.17) is 5.11 Å². The summed E-state index contributed by atoms with van der Waals surface area (Å²) >= 11 is 0. The minimum atomic E-state index is -0.899. The number of aliphatic carboxylic acids is 1. The van der Waals surface area contributed by atoms with Gasteiger partial charge in [0.25, 0.3) is 0 Å². The van der Waals surface area contributed by atoms with Crippen LogP contribution < -0.4 is 0 Å². The largest absolute Gasteiger partial charge is 0.478 e. The predicted molar refractivity (Wildman–Crippen MR) is 72.1 cm³/mol. The molecule has 0 aromatic heterocycles. The van der Waals surface area contributed by atoms with Crippen molar-refractivity contribution < 1.29 is 14.7 Å². The highest BCUT2D eigenvalue weighted by atomic mass is 16.4. The first-order valence-corrected chi connectivity index (χ1v) is 6.35. The van der Waals surface area contributed by atoms with Crippen LogP contribution in [0.15, 0.2) is 42.0 Å². The molecule has 0 spiro atoms. The lowest BCUT2D eigenvalue weighted by Crippen LogP contribution is -2.43. The van der Waals surface area contributed by atoms with Crippen molar-refractivity contribution in [2.45, 2.75) is 19.4 Å². The first-order chi connectivity index (χ1) is 9.09. The summed E-state index contributed by atoms with van der Waals surface area (Å²) in [5.41, 5.74) is 1.04. The third kappa shape index (κ3) is 3.09. The fourth-order valence-electron chi connectivity index (χ4n) is 2.26. The lowest BCUT2D eigenvalue weighted by molar-refractivity contribution is -0.133. The van der Waals surface area contributed by atoms with Crippen LogP contribution >= 0.6 is 0 Å². The Labute approximate surface area is 112 Å². The fourth-order valence-corrected chi connectivity index (χ4v) is 2.26. The maximum absolute atomic E-state index is 12.3. The Morgan fingerprint density at radius 1 is 1.26 bits per heavy atom. The summed E-state index contributed by atoms with van der Waals surface area (Å²) in [4.78, 5) is 25.2. The fraction of sp³-hybridized carbons (Fsp3) is 0.333. The van der Waals surface area contributed by atoms with E-state index in [0.717, 1.165) is 6.54 Å². The zero-order chi connectivity index (χ0) is 13.8. The quantitative estimate of drug-likeness (QED) is 0.840. The van der Waals surface area contributed by atoms with Gasteiger partial charge in [0.15, 0.2) is 5.78 Å². The Hall–Kier alpha value is -1.94. The third-order valence-corrected chi connectivity index (χ3v) is 3.44. The molecule has 4 nitrogen and oxygen atoms in total. The smallest absolute Gasteiger partial charge is 0.332 e. The second kappa shape index (κ2) is 5.80. The summed E-state index contributed by atoms with van der Waals surface area (Å²) in [5.74, 6) is -0.865. The molecule has 1 aliphatic rings. The molecule has 1 aromatic carbocycles. The maximum Gasteiger partial charge on any atom is 0.332 e. The Bertz CT molecular complexity index is 507. The zero-order valence-corrected chi connectivity index (χ0v) is 10.9. The van der Waals surface area contributed by atoms with Crippen LogP contribution in [0.2, 0.25) is 0 Å². The van der Waals surface area contributed by atoms with Crippen LogP contribution in [0.3, 0.4) is 0 Å². The predicted octanol–water partition coefficient (Wildman–Crippen LogP) is 1.97. The topological polar surface area (TPSA) is 57.6 Å². The van der Waals surface area contributed by atoms with Crippen molar-refractivity contribution in [3.63, 3.8) is 0 Å². The van der Waals surface area contributed by atoms with Gasteiger partial charge >= 0.3 is 5.97 Å². The van der Waals surface area contributed by atoms with E-state index in [1.807, 2.05) is 30.0 Å². The molecule has 19 heavy (non-hydrogen) atoms. The summed E-state index contributed by atoms with van der Waals surface area (Å²) in [6, 6.07) is 8.81. The van der Waals surface area contributed by atoms with Gasteiger partial charge in [0.1, 0.15) is 0 Å². The maximum atomic E-state index is 12.3. The summed E-state index contributed by atoms with van der Waals surface area (Å²) < 4.78 is 0. The van der Waals surface area contributed by atoms with Gasteiger partial charge in [0.2, 0.25) is 0 Å². The number of rotatable bonds is 4. The SMILES string of the molecule is CC(C(=O)c1ccccc1)N1CCC=C(C(=O)O)C1. The lowest BCUT2D eigenvalue weighted by Gasteiger charge is -2.30. The first kappa shape index (κ1) is 13.5. The van der Waals surface area contributed by atoms with Gasteiger partial charge in [-0.1, -0.05) is 36.4 Å². The lowest BCUT2D eigenvalue weighted by atomic mass is 10.0. The highest BCUT2D eigenvalue weighted by Gasteiger charge is 2.26. The Morgan fingerprint density at radius 2 is 1.95 bits per heavy atom. The molecule has 1 unspecified atom stereocenters. The number of carbonyl (C=O) groups excluding carboxylic acids is 1. The van der Waals surface area contributed by atoms with Crippen LogP contribution in [0.5, 0.6) is 0 Å². The number of carbonyl (C=O) groups is 2. The molecule has 100 valence electrons. The molecule has 4 heteroatoms. The Balaban J connectivity index is 2.09. The summed E-state index contributed by atoms with van der Waals surface area (Å²) in [7, 11) is 0. The minimum absolute atomic E-state index is 0.0345. The van der Waals surface area contributed by atoms with Gasteiger partial charge in [-0.3, -0.25) is 9.69 Å². The van der Waals surface area contributed by atoms with E-state index in [1.165, 1.54) is 0 Å². The van der Waals surface area contributed by atoms with Crippen LogP contribution in [-0.4, -0.2) is 40.9 Å². The van der Waals surface area contributed by atoms with Crippen molar-refractivity contribution in [3.05, 3.63) is 47.5 Å². The first-order valence-electron chi connectivity index (χ1n) is 6.35. The van der Waals surface area contributed by atoms with E-state index in [9.17, 15) is 9.59 Å². The van der Waals surface area contributed by atoms with Gasteiger partial charge < -0.3 is 5.11 Å². The summed E-state index contributed by atoms with van der Waals surface area (Å²) in [6.07, 6.45) is 2.41. The van der Waals surface area contributed by atoms with Crippen LogP contribution in [0, 0.1) is 0 Å². The molecular weight excluding hydrogens is 242 g/mol. The number of nitrogens with zero attached hydrogens (tertiary/aromatic N) is 1. The molecule has 0 fully saturated rings. The zero-order valence-electron chi connectivity index (χ0n) is 10.9. The molecular formula is C15H17NO3. The van der Waals surface area contributed by atoms with Gasteiger partial charge in [0, 0.05) is 24.2 Å². The van der Waals surface area contributed by atoms with Crippen LogP contribution in [0.25, 0.3) is 0 Å². The number of carboxylic acid groups (broad SMARTS) is 1. The van der Waals surface area contributed by atoms with Gasteiger partial charge in [-0.2, -0.15) is 0 Å². The molecule has 2 rings (SSSR count). The second-order valence-electron chi connectivity index (χ2n) is 4.70. The summed E-state index contributed by atoms with van der Waals surface area (Å²) in [6.45, 7) is 2.88. The highest BCUT2D eigenvalue weighted by Crippen LogP contribution is 2.16. The molecule has 0 saturated heterocycles. The van der Waals surface area contributed by atoms with E-state index in [1.54, 1.807) is 18.2 Å². The molecule has 1 aromatic rings. The van der Waals surface area contributed by atoms with E-state index < -0.39 is 5.97 Å². The summed E-state index contributed by atoms with van der Waals surface area (Å²) in [5, 5.41) is 9.01. The molecule has 1 heterocycles. The average molecular weight is 259 g/mol. The Morgan fingerprint density at radius 3 is 2.58 bits per heavy atom. The van der Waals surface area contributed by atoms with Gasteiger partial charge in [0.05, 0.1) is 6.04 Å². The number of Topliss-reactive ketones (excluding diaryl/α,β-unsaturated/α-hetero) is 1. The van der Waals surface area contributed by atoms with Crippen molar-refractivity contribution in [2.24, 2.45) is 0 Å². The number of hydrogen-bond donors (Lipinski definition) is 1. The standard InChI is InChI=1S/C15H17NO3/c1-11(14(17)12-6-3-2-4-7-12)16-9-5-8-13(10-16)15(18)19/h2-4,6-8,11H,5,9-10H2,1H3,(H,18,19). The van der Waals surface area contributed by atoms with E-state index in [-0.39, 0.29) is 11.8 Å². The van der Waals surface area contributed by atoms with Crippen LogP contribution in [0.4, 0.5) is 0 Å². The average Bonchev–Trinajstić information content (AvgIpc) is 2.46. The van der Waals surface area contributed by atoms with Crippen molar-refractivity contribution in [1.82, 2.24) is 4.90 Å². The second-order valence-corrected chi connectivity index (χ2v) is 4.70. The Kier molecular flexibility index (Phi) is 4.12. The molecule has 0 radical (unpaired) electrons. The number of ketones is 1. The van der Waals surface area contributed by atoms with Crippen molar-refractivity contribution >= 4 is 11.8 Å². The van der Waals surface area contributed by atoms with E-state index in [0.29, 0.717) is 24.1 Å². The minimum Gasteiger partial charge on any atom is -0.478 e. The molecule has 0 saturated carbocycles. The van der Waals surface area contributed by atoms with Crippen LogP contribution in [-0.2, 0) is 4.79 Å². The van der Waals surface area contributed by atoms with Crippen molar-refractivity contribution in [2.75, 3.05) is 13.1 Å². The molecule has 0 aliphatic carbocycles. The number of carboxylic acids is 1. The normalized spacial score (nSPS) is 17.6. The molecule has 0 bridgehead atoms. The molecule has 0 amide bonds. The molecule has 1 N–H and O–H groups in total. The third-order valence-electron chi connectivity index (χ3n) is 3.44. The van der Waals surface area contributed by atoms with E-state index >= 15 is 0 Å².